The highest BCUT2D eigenvalue weighted by Crippen LogP contribution is 2.27. The molecule has 2 aromatic carbocycles. The maximum Gasteiger partial charge on any atom is 0.271 e. The Labute approximate surface area is 201 Å². The molecule has 0 fully saturated rings. The molecule has 0 bridgehead atoms. The molecule has 0 unspecified atom stereocenters. The lowest BCUT2D eigenvalue weighted by atomic mass is 9.93. The van der Waals surface area contributed by atoms with Crippen molar-refractivity contribution >= 4 is 17.9 Å². The van der Waals surface area contributed by atoms with Gasteiger partial charge in [-0.2, -0.15) is 5.26 Å². The Balaban J connectivity index is 1.74. The quantitative estimate of drug-likeness (QED) is 0.301. The van der Waals surface area contributed by atoms with Crippen LogP contribution in [0.4, 0.5) is 0 Å². The van der Waals surface area contributed by atoms with Gasteiger partial charge in [0.1, 0.15) is 24.0 Å². The molecule has 0 saturated carbocycles. The van der Waals surface area contributed by atoms with E-state index in [4.69, 9.17) is 9.47 Å². The molecule has 2 aromatic rings. The zero-order chi connectivity index (χ0) is 24.7. The lowest BCUT2D eigenvalue weighted by Gasteiger charge is -2.27. The van der Waals surface area contributed by atoms with E-state index >= 15 is 0 Å². The molecule has 176 valence electrons. The monoisotopic (exact) mass is 458 g/mol. The van der Waals surface area contributed by atoms with Gasteiger partial charge >= 0.3 is 0 Å². The second-order valence-corrected chi connectivity index (χ2v) is 8.55. The second kappa shape index (κ2) is 11.4. The van der Waals surface area contributed by atoms with Crippen molar-refractivity contribution in [2.45, 2.75) is 46.8 Å². The van der Waals surface area contributed by atoms with Crippen LogP contribution in [0.3, 0.4) is 0 Å². The maximum absolute atomic E-state index is 13.1. The van der Waals surface area contributed by atoms with Crippen LogP contribution in [0.2, 0.25) is 0 Å². The van der Waals surface area contributed by atoms with Gasteiger partial charge in [-0.05, 0) is 69.0 Å². The summed E-state index contributed by atoms with van der Waals surface area (Å²) in [6.07, 6.45) is 2.29. The Kier molecular flexibility index (Phi) is 8.39. The summed E-state index contributed by atoms with van der Waals surface area (Å²) in [5.74, 6) is -0.234. The number of benzene rings is 2. The predicted octanol–water partition coefficient (Wildman–Crippen LogP) is 4.98. The van der Waals surface area contributed by atoms with Crippen LogP contribution in [0.25, 0.3) is 6.08 Å². The number of aryl methyl sites for hydroxylation is 1. The molecule has 0 spiro atoms. The van der Waals surface area contributed by atoms with E-state index in [1.807, 2.05) is 75.4 Å². The number of nitriles is 1. The number of carbonyl (C=O) groups is 2. The molecule has 0 aromatic heterocycles. The highest BCUT2D eigenvalue weighted by Gasteiger charge is 2.35. The SMILES string of the molecule is CC1=C(C#N)C(=O)N(CCCOC(C)C)C(=O)/C1=C/c1ccc(OCc2ccc(C)cc2)cc1. The van der Waals surface area contributed by atoms with Crippen molar-refractivity contribution in [2.24, 2.45) is 0 Å². The fraction of sp³-hybridized carbons (Fsp3) is 0.321. The summed E-state index contributed by atoms with van der Waals surface area (Å²) in [7, 11) is 0. The number of nitrogens with zero attached hydrogens (tertiary/aromatic N) is 2. The van der Waals surface area contributed by atoms with Gasteiger partial charge in [0.2, 0.25) is 0 Å². The lowest BCUT2D eigenvalue weighted by Crippen LogP contribution is -2.43. The molecule has 1 heterocycles. The predicted molar refractivity (Wildman–Crippen MR) is 131 cm³/mol. The first-order valence-corrected chi connectivity index (χ1v) is 11.4. The highest BCUT2D eigenvalue weighted by molar-refractivity contribution is 6.19. The summed E-state index contributed by atoms with van der Waals surface area (Å²) in [6, 6.07) is 17.5. The topological polar surface area (TPSA) is 79.6 Å². The Morgan fingerprint density at radius 3 is 2.29 bits per heavy atom. The van der Waals surface area contributed by atoms with Crippen LogP contribution in [-0.2, 0) is 20.9 Å². The van der Waals surface area contributed by atoms with E-state index in [0.29, 0.717) is 36.5 Å². The number of rotatable bonds is 9. The normalized spacial score (nSPS) is 15.3. The van der Waals surface area contributed by atoms with E-state index in [0.717, 1.165) is 16.0 Å². The van der Waals surface area contributed by atoms with Crippen molar-refractivity contribution in [1.29, 1.82) is 5.26 Å². The third-order valence-electron chi connectivity index (χ3n) is 5.52. The van der Waals surface area contributed by atoms with E-state index in [2.05, 4.69) is 0 Å². The van der Waals surface area contributed by atoms with E-state index in [1.165, 1.54) is 5.56 Å². The van der Waals surface area contributed by atoms with Crippen LogP contribution in [0.5, 0.6) is 5.75 Å². The third kappa shape index (κ3) is 6.21. The summed E-state index contributed by atoms with van der Waals surface area (Å²) in [4.78, 5) is 27.0. The van der Waals surface area contributed by atoms with Crippen LogP contribution >= 0.6 is 0 Å². The minimum absolute atomic E-state index is 0.00585. The van der Waals surface area contributed by atoms with Gasteiger partial charge in [0.05, 0.1) is 6.10 Å². The first-order chi connectivity index (χ1) is 16.3. The highest BCUT2D eigenvalue weighted by atomic mass is 16.5. The molecular formula is C28H30N2O4. The Morgan fingerprint density at radius 1 is 1.00 bits per heavy atom. The number of amides is 2. The molecule has 34 heavy (non-hydrogen) atoms. The van der Waals surface area contributed by atoms with Gasteiger partial charge < -0.3 is 9.47 Å². The van der Waals surface area contributed by atoms with Crippen LogP contribution in [0.1, 0.15) is 43.9 Å². The number of carbonyl (C=O) groups excluding carboxylic acids is 2. The van der Waals surface area contributed by atoms with Gasteiger partial charge in [-0.3, -0.25) is 14.5 Å². The Bertz CT molecular complexity index is 1140. The zero-order valence-electron chi connectivity index (χ0n) is 20.1. The number of imide groups is 1. The molecule has 1 aliphatic rings. The summed E-state index contributed by atoms with van der Waals surface area (Å²) >= 11 is 0. The average molecular weight is 459 g/mol. The summed E-state index contributed by atoms with van der Waals surface area (Å²) in [6.45, 7) is 8.63. The molecule has 0 aliphatic carbocycles. The van der Waals surface area contributed by atoms with Crippen molar-refractivity contribution in [2.75, 3.05) is 13.2 Å². The smallest absolute Gasteiger partial charge is 0.271 e. The van der Waals surface area contributed by atoms with E-state index < -0.39 is 11.8 Å². The number of ether oxygens (including phenoxy) is 2. The minimum Gasteiger partial charge on any atom is -0.489 e. The fourth-order valence-electron chi connectivity index (χ4n) is 3.55. The number of hydrogen-bond donors (Lipinski definition) is 0. The summed E-state index contributed by atoms with van der Waals surface area (Å²) < 4.78 is 11.4. The third-order valence-corrected chi connectivity index (χ3v) is 5.52. The van der Waals surface area contributed by atoms with E-state index in [1.54, 1.807) is 13.0 Å². The van der Waals surface area contributed by atoms with Crippen LogP contribution < -0.4 is 4.74 Å². The van der Waals surface area contributed by atoms with Gasteiger partial charge in [-0.15, -0.1) is 0 Å². The molecule has 0 atom stereocenters. The molecule has 3 rings (SSSR count). The lowest BCUT2D eigenvalue weighted by molar-refractivity contribution is -0.140. The molecule has 6 nitrogen and oxygen atoms in total. The molecule has 0 N–H and O–H groups in total. The summed E-state index contributed by atoms with van der Waals surface area (Å²) in [5.41, 5.74) is 3.79. The molecule has 2 amide bonds. The van der Waals surface area contributed by atoms with Crippen LogP contribution in [0.15, 0.2) is 65.3 Å². The first kappa shape index (κ1) is 24.9. The molecule has 0 radical (unpaired) electrons. The molecule has 1 aliphatic heterocycles. The standard InChI is InChI=1S/C28H30N2O4/c1-19(2)33-15-5-14-30-27(31)25(21(4)26(17-29)28(30)32)16-22-10-12-24(13-11-22)34-18-23-8-6-20(3)7-9-23/h6-13,16,19H,5,14-15,18H2,1-4H3/b25-16+. The number of hydrogen-bond acceptors (Lipinski definition) is 5. The Hall–Kier alpha value is -3.69. The van der Waals surface area contributed by atoms with Crippen molar-refractivity contribution < 1.29 is 19.1 Å². The van der Waals surface area contributed by atoms with Gasteiger partial charge in [-0.25, -0.2) is 0 Å². The van der Waals surface area contributed by atoms with Crippen molar-refractivity contribution in [3.63, 3.8) is 0 Å². The van der Waals surface area contributed by atoms with Crippen molar-refractivity contribution in [3.05, 3.63) is 81.9 Å². The fourth-order valence-corrected chi connectivity index (χ4v) is 3.55. The zero-order valence-corrected chi connectivity index (χ0v) is 20.1. The Morgan fingerprint density at radius 2 is 1.68 bits per heavy atom. The van der Waals surface area contributed by atoms with Gasteiger partial charge in [0.25, 0.3) is 11.8 Å². The molecule has 0 saturated heterocycles. The maximum atomic E-state index is 13.1. The second-order valence-electron chi connectivity index (χ2n) is 8.55. The van der Waals surface area contributed by atoms with Crippen LogP contribution in [0, 0.1) is 18.3 Å². The largest absolute Gasteiger partial charge is 0.489 e. The van der Waals surface area contributed by atoms with Gasteiger partial charge in [0, 0.05) is 18.7 Å². The average Bonchev–Trinajstić information content (AvgIpc) is 2.82. The van der Waals surface area contributed by atoms with E-state index in [-0.39, 0.29) is 18.2 Å². The molecular weight excluding hydrogens is 428 g/mol. The minimum atomic E-state index is -0.549. The molecule has 6 heteroatoms. The summed E-state index contributed by atoms with van der Waals surface area (Å²) in [5, 5.41) is 9.53. The van der Waals surface area contributed by atoms with Crippen LogP contribution in [-0.4, -0.2) is 36.0 Å². The van der Waals surface area contributed by atoms with Crippen molar-refractivity contribution in [1.82, 2.24) is 4.90 Å². The first-order valence-electron chi connectivity index (χ1n) is 11.4. The van der Waals surface area contributed by atoms with Crippen molar-refractivity contribution in [3.8, 4) is 11.8 Å². The van der Waals surface area contributed by atoms with Gasteiger partial charge in [-0.1, -0.05) is 42.0 Å². The van der Waals surface area contributed by atoms with E-state index in [9.17, 15) is 14.9 Å². The van der Waals surface area contributed by atoms with Gasteiger partial charge in [0.15, 0.2) is 0 Å².